The molecular weight excluding hydrogens is 370 g/mol. The Morgan fingerprint density at radius 2 is 1.93 bits per heavy atom. The number of benzene rings is 2. The quantitative estimate of drug-likeness (QED) is 0.572. The third-order valence-electron chi connectivity index (χ3n) is 3.52. The molecule has 2 aromatic carbocycles. The van der Waals surface area contributed by atoms with Crippen LogP contribution in [0.25, 0.3) is 0 Å². The molecule has 3 rings (SSSR count). The number of aryl methyl sites for hydroxylation is 1. The van der Waals surface area contributed by atoms with Gasteiger partial charge in [-0.25, -0.2) is 4.79 Å². The Labute approximate surface area is 160 Å². The SMILES string of the molecule is Cc1ccc(Nc2nc(N)nc(COC(=O)c3ccc(Cl)cc3O)n2)cc1. The number of aromatic nitrogens is 3. The standard InChI is InChI=1S/C18H16ClN5O3/c1-10-2-5-12(6-3-10)21-18-23-15(22-17(20)24-18)9-27-16(26)13-7-4-11(19)8-14(13)25/h2-8,25H,9H2,1H3,(H3,20,21,22,23,24). The summed E-state index contributed by atoms with van der Waals surface area (Å²) in [6.07, 6.45) is 0. The highest BCUT2D eigenvalue weighted by Gasteiger charge is 2.14. The Morgan fingerprint density at radius 3 is 2.63 bits per heavy atom. The third-order valence-corrected chi connectivity index (χ3v) is 3.75. The zero-order valence-electron chi connectivity index (χ0n) is 14.3. The number of carbonyl (C=O) groups excluding carboxylic acids is 1. The summed E-state index contributed by atoms with van der Waals surface area (Å²) >= 11 is 5.74. The molecule has 1 aromatic heterocycles. The number of carbonyl (C=O) groups is 1. The number of nitrogen functional groups attached to an aromatic ring is 1. The second-order valence-corrected chi connectivity index (χ2v) is 6.10. The van der Waals surface area contributed by atoms with Crippen molar-refractivity contribution in [3.05, 3.63) is 64.4 Å². The Hall–Kier alpha value is -3.39. The fraction of sp³-hybridized carbons (Fsp3) is 0.111. The van der Waals surface area contributed by atoms with Gasteiger partial charge >= 0.3 is 5.97 Å². The average Bonchev–Trinajstić information content (AvgIpc) is 2.61. The number of phenols is 1. The Balaban J connectivity index is 1.70. The number of aromatic hydroxyl groups is 1. The molecule has 9 heteroatoms. The maximum atomic E-state index is 12.1. The maximum absolute atomic E-state index is 12.1. The van der Waals surface area contributed by atoms with Crippen molar-refractivity contribution in [3.63, 3.8) is 0 Å². The van der Waals surface area contributed by atoms with E-state index in [0.29, 0.717) is 5.02 Å². The summed E-state index contributed by atoms with van der Waals surface area (Å²) in [4.78, 5) is 24.2. The van der Waals surface area contributed by atoms with E-state index >= 15 is 0 Å². The van der Waals surface area contributed by atoms with Gasteiger partial charge in [0.1, 0.15) is 11.3 Å². The lowest BCUT2D eigenvalue weighted by atomic mass is 10.2. The van der Waals surface area contributed by atoms with Gasteiger partial charge in [0.15, 0.2) is 12.4 Å². The number of rotatable bonds is 5. The molecule has 0 bridgehead atoms. The van der Waals surface area contributed by atoms with Crippen molar-refractivity contribution in [1.82, 2.24) is 15.0 Å². The van der Waals surface area contributed by atoms with Crippen LogP contribution in [-0.4, -0.2) is 26.0 Å². The molecule has 0 saturated carbocycles. The van der Waals surface area contributed by atoms with E-state index in [0.717, 1.165) is 11.3 Å². The summed E-state index contributed by atoms with van der Waals surface area (Å²) in [5.74, 6) is -0.633. The normalized spacial score (nSPS) is 10.4. The molecule has 1 heterocycles. The van der Waals surface area contributed by atoms with Crippen molar-refractivity contribution in [2.75, 3.05) is 11.1 Å². The van der Waals surface area contributed by atoms with E-state index in [9.17, 15) is 9.90 Å². The van der Waals surface area contributed by atoms with Gasteiger partial charge in [-0.15, -0.1) is 0 Å². The summed E-state index contributed by atoms with van der Waals surface area (Å²) in [5.41, 5.74) is 7.58. The zero-order valence-corrected chi connectivity index (χ0v) is 15.1. The molecule has 0 saturated heterocycles. The van der Waals surface area contributed by atoms with E-state index in [2.05, 4.69) is 20.3 Å². The molecule has 27 heavy (non-hydrogen) atoms. The van der Waals surface area contributed by atoms with Crippen LogP contribution in [0, 0.1) is 6.92 Å². The van der Waals surface area contributed by atoms with Crippen LogP contribution < -0.4 is 11.1 Å². The van der Waals surface area contributed by atoms with Crippen molar-refractivity contribution < 1.29 is 14.6 Å². The molecule has 138 valence electrons. The van der Waals surface area contributed by atoms with Crippen molar-refractivity contribution >= 4 is 35.2 Å². The Kier molecular flexibility index (Phi) is 5.37. The largest absolute Gasteiger partial charge is 0.507 e. The van der Waals surface area contributed by atoms with E-state index in [1.807, 2.05) is 31.2 Å². The highest BCUT2D eigenvalue weighted by molar-refractivity contribution is 6.30. The highest BCUT2D eigenvalue weighted by Crippen LogP contribution is 2.23. The molecule has 0 aliphatic carbocycles. The first-order chi connectivity index (χ1) is 12.9. The smallest absolute Gasteiger partial charge is 0.342 e. The summed E-state index contributed by atoms with van der Waals surface area (Å²) in [7, 11) is 0. The number of hydrogen-bond acceptors (Lipinski definition) is 8. The minimum absolute atomic E-state index is 0.0139. The maximum Gasteiger partial charge on any atom is 0.342 e. The van der Waals surface area contributed by atoms with Crippen LogP contribution in [0.5, 0.6) is 5.75 Å². The van der Waals surface area contributed by atoms with Crippen molar-refractivity contribution in [2.24, 2.45) is 0 Å². The molecule has 0 amide bonds. The lowest BCUT2D eigenvalue weighted by molar-refractivity contribution is 0.0459. The zero-order chi connectivity index (χ0) is 19.4. The second kappa shape index (κ2) is 7.88. The summed E-state index contributed by atoms with van der Waals surface area (Å²) in [6.45, 7) is 1.74. The number of esters is 1. The molecule has 4 N–H and O–H groups in total. The fourth-order valence-electron chi connectivity index (χ4n) is 2.21. The predicted molar refractivity (Wildman–Crippen MR) is 101 cm³/mol. The molecular formula is C18H16ClN5O3. The monoisotopic (exact) mass is 385 g/mol. The lowest BCUT2D eigenvalue weighted by Crippen LogP contribution is -2.11. The van der Waals surface area contributed by atoms with Crippen LogP contribution in [0.15, 0.2) is 42.5 Å². The van der Waals surface area contributed by atoms with Gasteiger partial charge in [0.2, 0.25) is 11.9 Å². The number of nitrogens with one attached hydrogen (secondary N) is 1. The average molecular weight is 386 g/mol. The summed E-state index contributed by atoms with van der Waals surface area (Å²) < 4.78 is 5.13. The minimum Gasteiger partial charge on any atom is -0.507 e. The van der Waals surface area contributed by atoms with E-state index < -0.39 is 5.97 Å². The second-order valence-electron chi connectivity index (χ2n) is 5.66. The molecule has 0 atom stereocenters. The molecule has 0 unspecified atom stereocenters. The topological polar surface area (TPSA) is 123 Å². The highest BCUT2D eigenvalue weighted by atomic mass is 35.5. The number of anilines is 3. The molecule has 8 nitrogen and oxygen atoms in total. The lowest BCUT2D eigenvalue weighted by Gasteiger charge is -2.09. The molecule has 0 aliphatic rings. The number of nitrogens with two attached hydrogens (primary N) is 1. The van der Waals surface area contributed by atoms with Crippen LogP contribution in [-0.2, 0) is 11.3 Å². The van der Waals surface area contributed by atoms with Crippen LogP contribution in [0.1, 0.15) is 21.7 Å². The van der Waals surface area contributed by atoms with Crippen LogP contribution in [0.3, 0.4) is 0 Å². The van der Waals surface area contributed by atoms with E-state index in [1.54, 1.807) is 0 Å². The minimum atomic E-state index is -0.740. The fourth-order valence-corrected chi connectivity index (χ4v) is 2.38. The van der Waals surface area contributed by atoms with E-state index in [-0.39, 0.29) is 35.6 Å². The van der Waals surface area contributed by atoms with Gasteiger partial charge in [0.05, 0.1) is 0 Å². The predicted octanol–water partition coefficient (Wildman–Crippen LogP) is 3.22. The first-order valence-electron chi connectivity index (χ1n) is 7.90. The summed E-state index contributed by atoms with van der Waals surface area (Å²) in [5, 5.41) is 13.1. The number of halogens is 1. The van der Waals surface area contributed by atoms with Crippen molar-refractivity contribution in [1.29, 1.82) is 0 Å². The van der Waals surface area contributed by atoms with Crippen molar-refractivity contribution in [2.45, 2.75) is 13.5 Å². The van der Waals surface area contributed by atoms with Gasteiger partial charge in [-0.05, 0) is 37.3 Å². The number of phenolic OH excluding ortho intramolecular Hbond substituents is 1. The van der Waals surface area contributed by atoms with Gasteiger partial charge in [-0.3, -0.25) is 0 Å². The molecule has 0 aliphatic heterocycles. The van der Waals surface area contributed by atoms with Crippen LogP contribution in [0.4, 0.5) is 17.6 Å². The molecule has 0 fully saturated rings. The molecule has 0 radical (unpaired) electrons. The number of hydrogen-bond donors (Lipinski definition) is 3. The first-order valence-corrected chi connectivity index (χ1v) is 8.28. The van der Waals surface area contributed by atoms with Gasteiger partial charge in [0, 0.05) is 10.7 Å². The Morgan fingerprint density at radius 1 is 1.19 bits per heavy atom. The van der Waals surface area contributed by atoms with E-state index in [4.69, 9.17) is 22.1 Å². The molecule has 3 aromatic rings. The van der Waals surface area contributed by atoms with Gasteiger partial charge < -0.3 is 20.9 Å². The molecule has 0 spiro atoms. The first kappa shape index (κ1) is 18.4. The summed E-state index contributed by atoms with van der Waals surface area (Å²) in [6, 6.07) is 11.7. The van der Waals surface area contributed by atoms with Crippen molar-refractivity contribution in [3.8, 4) is 5.75 Å². The van der Waals surface area contributed by atoms with E-state index in [1.165, 1.54) is 18.2 Å². The van der Waals surface area contributed by atoms with Gasteiger partial charge in [-0.1, -0.05) is 29.3 Å². The number of nitrogens with zero attached hydrogens (tertiary/aromatic N) is 3. The van der Waals surface area contributed by atoms with Crippen LogP contribution in [0.2, 0.25) is 5.02 Å². The van der Waals surface area contributed by atoms with Crippen LogP contribution >= 0.6 is 11.6 Å². The van der Waals surface area contributed by atoms with Gasteiger partial charge in [0.25, 0.3) is 0 Å². The Bertz CT molecular complexity index is 979. The third kappa shape index (κ3) is 4.83. The number of ether oxygens (including phenoxy) is 1. The van der Waals surface area contributed by atoms with Gasteiger partial charge in [-0.2, -0.15) is 15.0 Å².